The predicted molar refractivity (Wildman–Crippen MR) is 110 cm³/mol. The van der Waals surface area contributed by atoms with Gasteiger partial charge in [0.05, 0.1) is 11.7 Å². The van der Waals surface area contributed by atoms with Crippen molar-refractivity contribution < 1.29 is 0 Å². The fraction of sp³-hybridized carbons (Fsp3) is 0.476. The van der Waals surface area contributed by atoms with Crippen LogP contribution in [0.25, 0.3) is 5.82 Å². The van der Waals surface area contributed by atoms with E-state index in [1.807, 2.05) is 32.2 Å². The second kappa shape index (κ2) is 7.09. The van der Waals surface area contributed by atoms with Crippen LogP contribution >= 0.6 is 0 Å². The molecular weight excluding hydrogens is 366 g/mol. The summed E-state index contributed by atoms with van der Waals surface area (Å²) < 4.78 is 3.43. The molecule has 29 heavy (non-hydrogen) atoms. The highest BCUT2D eigenvalue weighted by atomic mass is 16.1. The molecule has 4 heterocycles. The van der Waals surface area contributed by atoms with Crippen LogP contribution < -0.4 is 10.5 Å². The van der Waals surface area contributed by atoms with E-state index in [0.717, 1.165) is 49.0 Å². The lowest BCUT2D eigenvalue weighted by atomic mass is 10.1. The molecule has 8 heteroatoms. The summed E-state index contributed by atoms with van der Waals surface area (Å²) in [5.74, 6) is 3.20. The third kappa shape index (κ3) is 3.54. The van der Waals surface area contributed by atoms with Gasteiger partial charge >= 0.3 is 0 Å². The van der Waals surface area contributed by atoms with Gasteiger partial charge in [0, 0.05) is 37.0 Å². The molecule has 3 aromatic rings. The SMILES string of the molecule is Cc1cc(C)n(-c2ccc(=O)n(C3CCN(c4ccnc(C5CC5)n4)CC3)n2)n1. The highest BCUT2D eigenvalue weighted by molar-refractivity contribution is 5.38. The highest BCUT2D eigenvalue weighted by Crippen LogP contribution is 2.38. The minimum absolute atomic E-state index is 0.0632. The Morgan fingerprint density at radius 2 is 1.76 bits per heavy atom. The van der Waals surface area contributed by atoms with Crippen molar-refractivity contribution in [3.8, 4) is 5.82 Å². The lowest BCUT2D eigenvalue weighted by molar-refractivity contribution is 0.350. The van der Waals surface area contributed by atoms with Crippen LogP contribution in [0.15, 0.2) is 35.3 Å². The Morgan fingerprint density at radius 3 is 2.45 bits per heavy atom. The van der Waals surface area contributed by atoms with Gasteiger partial charge in [-0.25, -0.2) is 19.3 Å². The van der Waals surface area contributed by atoms with E-state index in [0.29, 0.717) is 11.7 Å². The highest BCUT2D eigenvalue weighted by Gasteiger charge is 2.28. The lowest BCUT2D eigenvalue weighted by Gasteiger charge is -2.33. The molecule has 0 atom stereocenters. The standard InChI is InChI=1S/C21H25N7O/c1-14-13-15(2)27(24-14)19-5-6-20(29)28(25-19)17-8-11-26(12-9-17)18-7-10-22-21(23-18)16-3-4-16/h5-7,10,13,16-17H,3-4,8-9,11-12H2,1-2H3. The van der Waals surface area contributed by atoms with Crippen LogP contribution in [0.3, 0.4) is 0 Å². The number of piperidine rings is 1. The predicted octanol–water partition coefficient (Wildman–Crippen LogP) is 2.55. The fourth-order valence-corrected chi connectivity index (χ4v) is 4.07. The van der Waals surface area contributed by atoms with Crippen molar-refractivity contribution in [1.29, 1.82) is 0 Å². The molecule has 0 bridgehead atoms. The van der Waals surface area contributed by atoms with Gasteiger partial charge in [0.15, 0.2) is 5.82 Å². The largest absolute Gasteiger partial charge is 0.356 e. The summed E-state index contributed by atoms with van der Waals surface area (Å²) in [6, 6.07) is 7.42. The Labute approximate surface area is 169 Å². The molecule has 0 N–H and O–H groups in total. The van der Waals surface area contributed by atoms with Crippen LogP contribution in [0.5, 0.6) is 0 Å². The van der Waals surface area contributed by atoms with Crippen LogP contribution in [-0.4, -0.2) is 42.6 Å². The number of rotatable bonds is 4. The Morgan fingerprint density at radius 1 is 0.966 bits per heavy atom. The van der Waals surface area contributed by atoms with Gasteiger partial charge in [-0.2, -0.15) is 5.10 Å². The normalized spacial score (nSPS) is 17.7. The molecule has 1 aliphatic carbocycles. The first-order chi connectivity index (χ1) is 14.1. The minimum atomic E-state index is -0.0632. The summed E-state index contributed by atoms with van der Waals surface area (Å²) in [5, 5.41) is 9.14. The molecule has 2 fully saturated rings. The van der Waals surface area contributed by atoms with E-state index in [1.165, 1.54) is 12.8 Å². The maximum absolute atomic E-state index is 12.5. The Hall–Kier alpha value is -3.03. The van der Waals surface area contributed by atoms with Gasteiger partial charge in [-0.1, -0.05) is 0 Å². The number of anilines is 1. The summed E-state index contributed by atoms with van der Waals surface area (Å²) >= 11 is 0. The topological polar surface area (TPSA) is 81.7 Å². The molecule has 2 aliphatic rings. The molecule has 1 saturated carbocycles. The maximum Gasteiger partial charge on any atom is 0.267 e. The van der Waals surface area contributed by atoms with Crippen molar-refractivity contribution in [3.05, 3.63) is 58.0 Å². The molecule has 1 aliphatic heterocycles. The Kier molecular flexibility index (Phi) is 4.41. The van der Waals surface area contributed by atoms with Crippen molar-refractivity contribution in [3.63, 3.8) is 0 Å². The van der Waals surface area contributed by atoms with E-state index in [1.54, 1.807) is 21.5 Å². The third-order valence-electron chi connectivity index (χ3n) is 5.77. The van der Waals surface area contributed by atoms with Crippen LogP contribution in [0.4, 0.5) is 5.82 Å². The van der Waals surface area contributed by atoms with Gasteiger partial charge in [-0.3, -0.25) is 4.79 Å². The fourth-order valence-electron chi connectivity index (χ4n) is 4.07. The van der Waals surface area contributed by atoms with E-state index in [2.05, 4.69) is 20.1 Å². The third-order valence-corrected chi connectivity index (χ3v) is 5.77. The summed E-state index contributed by atoms with van der Waals surface area (Å²) in [7, 11) is 0. The van der Waals surface area contributed by atoms with Gasteiger partial charge in [-0.15, -0.1) is 5.10 Å². The molecule has 0 aromatic carbocycles. The van der Waals surface area contributed by atoms with Crippen molar-refractivity contribution >= 4 is 5.82 Å². The van der Waals surface area contributed by atoms with Crippen LogP contribution in [-0.2, 0) is 0 Å². The van der Waals surface area contributed by atoms with Crippen molar-refractivity contribution in [2.45, 2.75) is 51.5 Å². The Bertz CT molecular complexity index is 1090. The van der Waals surface area contributed by atoms with Crippen molar-refractivity contribution in [2.75, 3.05) is 18.0 Å². The van der Waals surface area contributed by atoms with Crippen LogP contribution in [0.1, 0.15) is 54.9 Å². The van der Waals surface area contributed by atoms with Gasteiger partial charge < -0.3 is 4.90 Å². The smallest absolute Gasteiger partial charge is 0.267 e. The molecule has 150 valence electrons. The molecule has 0 unspecified atom stereocenters. The summed E-state index contributed by atoms with van der Waals surface area (Å²) in [5.41, 5.74) is 1.88. The van der Waals surface area contributed by atoms with Gasteiger partial charge in [0.2, 0.25) is 0 Å². The van der Waals surface area contributed by atoms with Crippen LogP contribution in [0, 0.1) is 13.8 Å². The van der Waals surface area contributed by atoms with Crippen molar-refractivity contribution in [2.24, 2.45) is 0 Å². The van der Waals surface area contributed by atoms with E-state index in [-0.39, 0.29) is 11.6 Å². The quantitative estimate of drug-likeness (QED) is 0.680. The zero-order chi connectivity index (χ0) is 20.0. The van der Waals surface area contributed by atoms with E-state index >= 15 is 0 Å². The Balaban J connectivity index is 1.34. The zero-order valence-electron chi connectivity index (χ0n) is 16.8. The van der Waals surface area contributed by atoms with Crippen molar-refractivity contribution in [1.82, 2.24) is 29.5 Å². The maximum atomic E-state index is 12.5. The molecule has 1 saturated heterocycles. The van der Waals surface area contributed by atoms with Crippen LogP contribution in [0.2, 0.25) is 0 Å². The second-order valence-electron chi connectivity index (χ2n) is 8.08. The number of aromatic nitrogens is 6. The average molecular weight is 391 g/mol. The average Bonchev–Trinajstić information content (AvgIpc) is 3.53. The molecule has 5 rings (SSSR count). The molecule has 0 radical (unpaired) electrons. The van der Waals surface area contributed by atoms with E-state index < -0.39 is 0 Å². The zero-order valence-corrected chi connectivity index (χ0v) is 16.8. The summed E-state index contributed by atoms with van der Waals surface area (Å²) in [6.07, 6.45) is 5.98. The summed E-state index contributed by atoms with van der Waals surface area (Å²) in [4.78, 5) is 24.0. The monoisotopic (exact) mass is 391 g/mol. The molecule has 0 spiro atoms. The minimum Gasteiger partial charge on any atom is -0.356 e. The number of aryl methyl sites for hydroxylation is 2. The number of nitrogens with zero attached hydrogens (tertiary/aromatic N) is 7. The molecular formula is C21H25N7O. The first-order valence-electron chi connectivity index (χ1n) is 10.3. The van der Waals surface area contributed by atoms with Gasteiger partial charge in [0.25, 0.3) is 5.56 Å². The molecule has 8 nitrogen and oxygen atoms in total. The first kappa shape index (κ1) is 18.0. The second-order valence-corrected chi connectivity index (χ2v) is 8.08. The first-order valence-corrected chi connectivity index (χ1v) is 10.3. The molecule has 0 amide bonds. The number of hydrogen-bond acceptors (Lipinski definition) is 6. The van der Waals surface area contributed by atoms with Gasteiger partial charge in [-0.05, 0) is 57.7 Å². The lowest BCUT2D eigenvalue weighted by Crippen LogP contribution is -2.39. The van der Waals surface area contributed by atoms with E-state index in [4.69, 9.17) is 4.98 Å². The summed E-state index contributed by atoms with van der Waals surface area (Å²) in [6.45, 7) is 5.65. The van der Waals surface area contributed by atoms with E-state index in [9.17, 15) is 4.79 Å². The number of hydrogen-bond donors (Lipinski definition) is 0. The molecule has 3 aromatic heterocycles. The van der Waals surface area contributed by atoms with Gasteiger partial charge in [0.1, 0.15) is 11.6 Å².